The van der Waals surface area contributed by atoms with Gasteiger partial charge in [0.15, 0.2) is 0 Å². The van der Waals surface area contributed by atoms with Crippen LogP contribution in [0.4, 0.5) is 4.39 Å². The number of halogens is 1. The number of rotatable bonds is 3. The van der Waals surface area contributed by atoms with Crippen LogP contribution in [0.2, 0.25) is 0 Å². The molecule has 0 saturated heterocycles. The number of benzene rings is 2. The van der Waals surface area contributed by atoms with Gasteiger partial charge >= 0.3 is 0 Å². The summed E-state index contributed by atoms with van der Waals surface area (Å²) >= 11 is 0. The Balaban J connectivity index is 2.20. The second-order valence-corrected chi connectivity index (χ2v) is 3.56. The summed E-state index contributed by atoms with van der Waals surface area (Å²) in [7, 11) is 0. The first kappa shape index (κ1) is 10.7. The van der Waals surface area contributed by atoms with Gasteiger partial charge < -0.3 is 4.74 Å². The Morgan fingerprint density at radius 1 is 1.00 bits per heavy atom. The van der Waals surface area contributed by atoms with Gasteiger partial charge in [-0.15, -0.1) is 0 Å². The maximum absolute atomic E-state index is 12.9. The minimum absolute atomic E-state index is 0.288. The smallest absolute Gasteiger partial charge is 0.130 e. The van der Waals surface area contributed by atoms with Crippen molar-refractivity contribution in [2.75, 3.05) is 0 Å². The number of hydrogen-bond donors (Lipinski definition) is 0. The summed E-state index contributed by atoms with van der Waals surface area (Å²) in [4.78, 5) is 0. The zero-order chi connectivity index (χ0) is 11.4. The molecule has 0 aliphatic carbocycles. The van der Waals surface area contributed by atoms with Crippen LogP contribution in [0.15, 0.2) is 48.5 Å². The molecule has 0 saturated carbocycles. The van der Waals surface area contributed by atoms with Gasteiger partial charge in [0.2, 0.25) is 0 Å². The molecule has 2 aromatic rings. The second kappa shape index (κ2) is 4.79. The molecule has 0 N–H and O–H groups in total. The lowest BCUT2D eigenvalue weighted by Gasteiger charge is -2.06. The van der Waals surface area contributed by atoms with E-state index in [9.17, 15) is 4.39 Å². The summed E-state index contributed by atoms with van der Waals surface area (Å²) < 4.78 is 18.5. The van der Waals surface area contributed by atoms with Crippen molar-refractivity contribution in [3.63, 3.8) is 0 Å². The molecule has 0 heterocycles. The number of aryl methyl sites for hydroxylation is 1. The van der Waals surface area contributed by atoms with Crippen molar-refractivity contribution in [2.24, 2.45) is 0 Å². The summed E-state index contributed by atoms with van der Waals surface area (Å²) in [5.41, 5.74) is 1.20. The van der Waals surface area contributed by atoms with E-state index in [0.717, 1.165) is 12.2 Å². The quantitative estimate of drug-likeness (QED) is 0.747. The summed E-state index contributed by atoms with van der Waals surface area (Å²) in [5, 5.41) is 0. The Morgan fingerprint density at radius 2 is 1.69 bits per heavy atom. The molecule has 0 aliphatic heterocycles. The third-order valence-electron chi connectivity index (χ3n) is 2.34. The summed E-state index contributed by atoms with van der Waals surface area (Å²) in [6.07, 6.45) is 0.959. The molecular weight excluding hydrogens is 203 g/mol. The first-order valence-electron chi connectivity index (χ1n) is 5.30. The second-order valence-electron chi connectivity index (χ2n) is 3.56. The molecule has 0 atom stereocenters. The highest BCUT2D eigenvalue weighted by Crippen LogP contribution is 2.22. The van der Waals surface area contributed by atoms with Gasteiger partial charge in [0.05, 0.1) is 0 Å². The van der Waals surface area contributed by atoms with E-state index in [2.05, 4.69) is 6.92 Å². The number of hydrogen-bond acceptors (Lipinski definition) is 1. The highest BCUT2D eigenvalue weighted by atomic mass is 19.1. The molecule has 0 bridgehead atoms. The predicted molar refractivity (Wildman–Crippen MR) is 62.3 cm³/mol. The Morgan fingerprint density at radius 3 is 2.38 bits per heavy atom. The van der Waals surface area contributed by atoms with Gasteiger partial charge in [0, 0.05) is 6.07 Å². The van der Waals surface area contributed by atoms with Gasteiger partial charge in [-0.3, -0.25) is 0 Å². The van der Waals surface area contributed by atoms with Crippen LogP contribution >= 0.6 is 0 Å². The third-order valence-corrected chi connectivity index (χ3v) is 2.34. The van der Waals surface area contributed by atoms with Gasteiger partial charge in [0.1, 0.15) is 17.3 Å². The highest BCUT2D eigenvalue weighted by Gasteiger charge is 1.99. The minimum atomic E-state index is -0.288. The third kappa shape index (κ3) is 2.60. The van der Waals surface area contributed by atoms with E-state index in [0.29, 0.717) is 5.75 Å². The van der Waals surface area contributed by atoms with E-state index in [1.807, 2.05) is 24.3 Å². The SMILES string of the molecule is CCc1cccc(Oc2cccc(F)c2)c1. The summed E-state index contributed by atoms with van der Waals surface area (Å²) in [6.45, 7) is 2.08. The molecule has 0 radical (unpaired) electrons. The Kier molecular flexibility index (Phi) is 3.20. The van der Waals surface area contributed by atoms with Crippen LogP contribution in [0.5, 0.6) is 11.5 Å². The Hall–Kier alpha value is -1.83. The fourth-order valence-corrected chi connectivity index (χ4v) is 1.50. The standard InChI is InChI=1S/C14H13FO/c1-2-11-5-3-7-13(9-11)16-14-8-4-6-12(15)10-14/h3-10H,2H2,1H3. The largest absolute Gasteiger partial charge is 0.457 e. The summed E-state index contributed by atoms with van der Waals surface area (Å²) in [6, 6.07) is 13.9. The van der Waals surface area contributed by atoms with E-state index in [4.69, 9.17) is 4.74 Å². The van der Waals surface area contributed by atoms with Crippen LogP contribution in [0.3, 0.4) is 0 Å². The molecule has 82 valence electrons. The lowest BCUT2D eigenvalue weighted by molar-refractivity contribution is 0.476. The first-order valence-corrected chi connectivity index (χ1v) is 5.30. The molecule has 0 amide bonds. The van der Waals surface area contributed by atoms with Crippen molar-refractivity contribution in [1.82, 2.24) is 0 Å². The van der Waals surface area contributed by atoms with E-state index < -0.39 is 0 Å². The summed E-state index contributed by atoms with van der Waals surface area (Å²) in [5.74, 6) is 0.974. The first-order chi connectivity index (χ1) is 7.78. The Bertz CT molecular complexity index is 480. The van der Waals surface area contributed by atoms with Crippen molar-refractivity contribution >= 4 is 0 Å². The average Bonchev–Trinajstić information content (AvgIpc) is 2.29. The van der Waals surface area contributed by atoms with E-state index in [-0.39, 0.29) is 5.82 Å². The van der Waals surface area contributed by atoms with Gasteiger partial charge in [-0.2, -0.15) is 0 Å². The molecule has 16 heavy (non-hydrogen) atoms. The molecule has 0 spiro atoms. The molecule has 0 unspecified atom stereocenters. The van der Waals surface area contributed by atoms with Crippen LogP contribution in [-0.4, -0.2) is 0 Å². The molecule has 0 fully saturated rings. The van der Waals surface area contributed by atoms with Crippen molar-refractivity contribution in [1.29, 1.82) is 0 Å². The van der Waals surface area contributed by atoms with Gasteiger partial charge in [0.25, 0.3) is 0 Å². The van der Waals surface area contributed by atoms with Crippen LogP contribution in [0.25, 0.3) is 0 Å². The van der Waals surface area contributed by atoms with Gasteiger partial charge in [-0.1, -0.05) is 25.1 Å². The van der Waals surface area contributed by atoms with Crippen LogP contribution in [-0.2, 0) is 6.42 Å². The van der Waals surface area contributed by atoms with Crippen molar-refractivity contribution < 1.29 is 9.13 Å². The highest BCUT2D eigenvalue weighted by molar-refractivity contribution is 5.34. The lowest BCUT2D eigenvalue weighted by Crippen LogP contribution is -1.86. The monoisotopic (exact) mass is 216 g/mol. The van der Waals surface area contributed by atoms with Crippen LogP contribution in [0.1, 0.15) is 12.5 Å². The lowest BCUT2D eigenvalue weighted by atomic mass is 10.2. The van der Waals surface area contributed by atoms with Crippen LogP contribution in [0, 0.1) is 5.82 Å². The van der Waals surface area contributed by atoms with E-state index >= 15 is 0 Å². The van der Waals surface area contributed by atoms with E-state index in [1.165, 1.54) is 17.7 Å². The topological polar surface area (TPSA) is 9.23 Å². The molecule has 0 aromatic heterocycles. The zero-order valence-electron chi connectivity index (χ0n) is 9.11. The van der Waals surface area contributed by atoms with E-state index in [1.54, 1.807) is 12.1 Å². The molecule has 0 aliphatic rings. The predicted octanol–water partition coefficient (Wildman–Crippen LogP) is 4.18. The molecular formula is C14H13FO. The average molecular weight is 216 g/mol. The fraction of sp³-hybridized carbons (Fsp3) is 0.143. The van der Waals surface area contributed by atoms with Crippen LogP contribution < -0.4 is 4.74 Å². The van der Waals surface area contributed by atoms with Crippen molar-refractivity contribution in [2.45, 2.75) is 13.3 Å². The molecule has 2 rings (SSSR count). The molecule has 2 heteroatoms. The molecule has 1 nitrogen and oxygen atoms in total. The zero-order valence-corrected chi connectivity index (χ0v) is 9.11. The fourth-order valence-electron chi connectivity index (χ4n) is 1.50. The van der Waals surface area contributed by atoms with Gasteiger partial charge in [-0.25, -0.2) is 4.39 Å². The van der Waals surface area contributed by atoms with Crippen molar-refractivity contribution in [3.05, 3.63) is 59.9 Å². The van der Waals surface area contributed by atoms with Crippen molar-refractivity contribution in [3.8, 4) is 11.5 Å². The maximum atomic E-state index is 12.9. The normalized spacial score (nSPS) is 10.1. The maximum Gasteiger partial charge on any atom is 0.130 e. The Labute approximate surface area is 94.5 Å². The van der Waals surface area contributed by atoms with Gasteiger partial charge in [-0.05, 0) is 36.2 Å². The minimum Gasteiger partial charge on any atom is -0.457 e. The number of ether oxygens (including phenoxy) is 1. The molecule has 2 aromatic carbocycles.